The van der Waals surface area contributed by atoms with Crippen LogP contribution in [0.1, 0.15) is 13.8 Å². The van der Waals surface area contributed by atoms with E-state index in [1.165, 1.54) is 0 Å². The van der Waals surface area contributed by atoms with Crippen LogP contribution in [-0.2, 0) is 9.57 Å². The normalized spacial score (nSPS) is 8.67. The van der Waals surface area contributed by atoms with Crippen molar-refractivity contribution in [3.8, 4) is 0 Å². The maximum atomic E-state index is 4.84. The zero-order valence-corrected chi connectivity index (χ0v) is 6.46. The Morgan fingerprint density at radius 2 is 2.11 bits per heavy atom. The van der Waals surface area contributed by atoms with E-state index in [9.17, 15) is 0 Å². The Kier molecular flexibility index (Phi) is 5.56. The molecule has 0 bridgehead atoms. The molecule has 9 heavy (non-hydrogen) atoms. The average Bonchev–Trinajstić information content (AvgIpc) is 1.85. The van der Waals surface area contributed by atoms with Crippen LogP contribution >= 0.6 is 12.2 Å². The van der Waals surface area contributed by atoms with Gasteiger partial charge in [-0.25, -0.2) is 5.48 Å². The van der Waals surface area contributed by atoms with Crippen LogP contribution in [0, 0.1) is 0 Å². The molecule has 0 rings (SSSR count). The van der Waals surface area contributed by atoms with Crippen molar-refractivity contribution in [1.29, 1.82) is 0 Å². The van der Waals surface area contributed by atoms with Gasteiger partial charge in [-0.15, -0.1) is 0 Å². The minimum atomic E-state index is 0.291. The van der Waals surface area contributed by atoms with Crippen molar-refractivity contribution in [3.63, 3.8) is 0 Å². The van der Waals surface area contributed by atoms with Crippen LogP contribution in [0.3, 0.4) is 0 Å². The number of hydroxylamine groups is 1. The van der Waals surface area contributed by atoms with E-state index in [2.05, 4.69) is 17.7 Å². The van der Waals surface area contributed by atoms with Gasteiger partial charge in [0.25, 0.3) is 5.17 Å². The van der Waals surface area contributed by atoms with E-state index in [4.69, 9.17) is 9.57 Å². The monoisotopic (exact) mass is 149 g/mol. The van der Waals surface area contributed by atoms with Crippen LogP contribution in [0.5, 0.6) is 0 Å². The molecule has 0 spiro atoms. The number of ether oxygens (including phenoxy) is 1. The van der Waals surface area contributed by atoms with E-state index in [1.807, 2.05) is 13.8 Å². The van der Waals surface area contributed by atoms with E-state index >= 15 is 0 Å². The van der Waals surface area contributed by atoms with Crippen LogP contribution in [0.4, 0.5) is 0 Å². The van der Waals surface area contributed by atoms with Crippen molar-refractivity contribution in [3.05, 3.63) is 0 Å². The van der Waals surface area contributed by atoms with Gasteiger partial charge < -0.3 is 4.74 Å². The highest BCUT2D eigenvalue weighted by Gasteiger charge is 1.89. The Bertz CT molecular complexity index is 87.0. The summed E-state index contributed by atoms with van der Waals surface area (Å²) in [6, 6.07) is 0. The van der Waals surface area contributed by atoms with E-state index in [0.29, 0.717) is 18.4 Å². The molecule has 3 nitrogen and oxygen atoms in total. The zero-order chi connectivity index (χ0) is 7.11. The van der Waals surface area contributed by atoms with Gasteiger partial charge >= 0.3 is 0 Å². The van der Waals surface area contributed by atoms with Crippen molar-refractivity contribution in [2.75, 3.05) is 13.2 Å². The largest absolute Gasteiger partial charge is 0.470 e. The molecular formula is C5H11NO2S. The lowest BCUT2D eigenvalue weighted by atomic mass is 10.9. The highest BCUT2D eigenvalue weighted by molar-refractivity contribution is 7.80. The summed E-state index contributed by atoms with van der Waals surface area (Å²) in [4.78, 5) is 4.73. The topological polar surface area (TPSA) is 30.5 Å². The predicted octanol–water partition coefficient (Wildman–Crippen LogP) is 0.849. The zero-order valence-electron chi connectivity index (χ0n) is 5.64. The Labute approximate surface area is 60.3 Å². The molecular weight excluding hydrogens is 138 g/mol. The number of nitrogens with one attached hydrogen (secondary N) is 1. The number of hydrogen-bond acceptors (Lipinski definition) is 3. The summed E-state index contributed by atoms with van der Waals surface area (Å²) in [5.74, 6) is 0. The molecule has 1 N–H and O–H groups in total. The van der Waals surface area contributed by atoms with Crippen LogP contribution in [0.15, 0.2) is 0 Å². The lowest BCUT2D eigenvalue weighted by Gasteiger charge is -2.05. The maximum Gasteiger partial charge on any atom is 0.281 e. The summed E-state index contributed by atoms with van der Waals surface area (Å²) in [6.45, 7) is 4.87. The third-order valence-electron chi connectivity index (χ3n) is 0.575. The fraction of sp³-hybridized carbons (Fsp3) is 0.800. The Morgan fingerprint density at radius 3 is 2.56 bits per heavy atom. The summed E-state index contributed by atoms with van der Waals surface area (Å²) >= 11 is 4.66. The van der Waals surface area contributed by atoms with Gasteiger partial charge in [0.1, 0.15) is 0 Å². The van der Waals surface area contributed by atoms with E-state index < -0.39 is 0 Å². The summed E-state index contributed by atoms with van der Waals surface area (Å²) in [7, 11) is 0. The van der Waals surface area contributed by atoms with Gasteiger partial charge in [0, 0.05) is 0 Å². The summed E-state index contributed by atoms with van der Waals surface area (Å²) in [6.07, 6.45) is 0. The van der Waals surface area contributed by atoms with Gasteiger partial charge in [-0.3, -0.25) is 4.84 Å². The first-order valence-electron chi connectivity index (χ1n) is 2.85. The first-order chi connectivity index (χ1) is 4.31. The van der Waals surface area contributed by atoms with Gasteiger partial charge in [0.15, 0.2) is 0 Å². The van der Waals surface area contributed by atoms with Gasteiger partial charge in [-0.2, -0.15) is 0 Å². The summed E-state index contributed by atoms with van der Waals surface area (Å²) < 4.78 is 4.84. The third-order valence-corrected chi connectivity index (χ3v) is 0.776. The Hall–Kier alpha value is -0.350. The van der Waals surface area contributed by atoms with Crippen LogP contribution in [-0.4, -0.2) is 18.4 Å². The smallest absolute Gasteiger partial charge is 0.281 e. The Morgan fingerprint density at radius 1 is 1.44 bits per heavy atom. The molecule has 54 valence electrons. The minimum Gasteiger partial charge on any atom is -0.470 e. The molecule has 0 aromatic heterocycles. The molecule has 0 fully saturated rings. The lowest BCUT2D eigenvalue weighted by Crippen LogP contribution is -2.23. The molecule has 0 aliphatic rings. The van der Waals surface area contributed by atoms with E-state index in [1.54, 1.807) is 0 Å². The van der Waals surface area contributed by atoms with Crippen molar-refractivity contribution in [1.82, 2.24) is 5.48 Å². The van der Waals surface area contributed by atoms with Gasteiger partial charge in [0.05, 0.1) is 13.2 Å². The third kappa shape index (κ3) is 5.52. The minimum absolute atomic E-state index is 0.291. The number of rotatable bonds is 3. The standard InChI is InChI=1S/C5H11NO2S/c1-3-7-5(9)6-8-4-2/h3-4H2,1-2H3,(H,6,9). The quantitative estimate of drug-likeness (QED) is 0.476. The molecule has 0 unspecified atom stereocenters. The summed E-state index contributed by atoms with van der Waals surface area (Å²) in [5.41, 5.74) is 2.44. The highest BCUT2D eigenvalue weighted by Crippen LogP contribution is 1.76. The SMILES string of the molecule is CCONC(=S)OCC. The molecule has 0 aliphatic carbocycles. The second kappa shape index (κ2) is 5.78. The van der Waals surface area contributed by atoms with E-state index in [-0.39, 0.29) is 0 Å². The highest BCUT2D eigenvalue weighted by atomic mass is 32.1. The summed E-state index contributed by atoms with van der Waals surface area (Å²) in [5, 5.41) is 0.291. The van der Waals surface area contributed by atoms with Gasteiger partial charge in [0.2, 0.25) is 0 Å². The fourth-order valence-electron chi connectivity index (χ4n) is 0.292. The predicted molar refractivity (Wildman–Crippen MR) is 39.0 cm³/mol. The molecule has 0 aliphatic heterocycles. The second-order valence-electron chi connectivity index (χ2n) is 1.26. The molecule has 0 saturated carbocycles. The molecule has 0 saturated heterocycles. The molecule has 0 radical (unpaired) electrons. The second-order valence-corrected chi connectivity index (χ2v) is 1.63. The Balaban J connectivity index is 3.06. The van der Waals surface area contributed by atoms with Crippen LogP contribution in [0.2, 0.25) is 0 Å². The van der Waals surface area contributed by atoms with E-state index in [0.717, 1.165) is 0 Å². The molecule has 0 aromatic rings. The first-order valence-corrected chi connectivity index (χ1v) is 3.26. The number of thiocarbonyl (C=S) groups is 1. The molecule has 0 heterocycles. The van der Waals surface area contributed by atoms with Crippen LogP contribution < -0.4 is 5.48 Å². The fourth-order valence-corrected chi connectivity index (χ4v) is 0.468. The molecule has 0 atom stereocenters. The lowest BCUT2D eigenvalue weighted by molar-refractivity contribution is 0.0789. The molecule has 0 amide bonds. The first kappa shape index (κ1) is 8.65. The van der Waals surface area contributed by atoms with Gasteiger partial charge in [-0.1, -0.05) is 0 Å². The molecule has 4 heteroatoms. The number of hydrogen-bond donors (Lipinski definition) is 1. The van der Waals surface area contributed by atoms with Gasteiger partial charge in [-0.05, 0) is 26.1 Å². The van der Waals surface area contributed by atoms with Crippen molar-refractivity contribution < 1.29 is 9.57 Å². The average molecular weight is 149 g/mol. The van der Waals surface area contributed by atoms with Crippen molar-refractivity contribution in [2.45, 2.75) is 13.8 Å². The maximum absolute atomic E-state index is 4.84. The van der Waals surface area contributed by atoms with Crippen molar-refractivity contribution >= 4 is 17.4 Å². The van der Waals surface area contributed by atoms with Crippen LogP contribution in [0.25, 0.3) is 0 Å². The van der Waals surface area contributed by atoms with Crippen molar-refractivity contribution in [2.24, 2.45) is 0 Å². The molecule has 0 aromatic carbocycles.